The lowest BCUT2D eigenvalue weighted by Gasteiger charge is -2.06. The Kier molecular flexibility index (Phi) is 3.54. The van der Waals surface area contributed by atoms with E-state index in [9.17, 15) is 0 Å². The van der Waals surface area contributed by atoms with Gasteiger partial charge in [0.15, 0.2) is 0 Å². The molecule has 0 bridgehead atoms. The minimum absolute atomic E-state index is 0.0290. The smallest absolute Gasteiger partial charge is 0.145 e. The number of nitrogens with one attached hydrogen (secondary N) is 1. The molecule has 0 aliphatic carbocycles. The molecule has 1 heterocycles. The van der Waals surface area contributed by atoms with Gasteiger partial charge in [-0.15, -0.1) is 0 Å². The van der Waals surface area contributed by atoms with Crippen molar-refractivity contribution < 1.29 is 9.84 Å². The highest BCUT2D eigenvalue weighted by molar-refractivity contribution is 5.92. The molecule has 0 aliphatic rings. The van der Waals surface area contributed by atoms with Crippen LogP contribution in [0.1, 0.15) is 11.3 Å². The van der Waals surface area contributed by atoms with Crippen LogP contribution in [0.15, 0.2) is 42.6 Å². The minimum Gasteiger partial charge on any atom is -0.456 e. The molecule has 0 spiro atoms. The zero-order valence-corrected chi connectivity index (χ0v) is 9.63. The number of benzene rings is 1. The summed E-state index contributed by atoms with van der Waals surface area (Å²) in [5.41, 5.74) is 6.49. The number of aromatic nitrogens is 1. The van der Waals surface area contributed by atoms with Crippen LogP contribution in [0.4, 0.5) is 0 Å². The standard InChI is InChI=1S/C13H13N3O2/c14-13(15)12-5-4-11(7-16-12)18-10-3-1-2-9(6-10)8-17/h1-7,17H,8H2,(H3,14,15). The maximum atomic E-state index is 9.02. The van der Waals surface area contributed by atoms with Gasteiger partial charge in [-0.1, -0.05) is 12.1 Å². The first-order valence-corrected chi connectivity index (χ1v) is 5.37. The second-order valence-electron chi connectivity index (χ2n) is 3.70. The van der Waals surface area contributed by atoms with Crippen molar-refractivity contribution in [3.05, 3.63) is 53.9 Å². The second-order valence-corrected chi connectivity index (χ2v) is 3.70. The largest absolute Gasteiger partial charge is 0.456 e. The van der Waals surface area contributed by atoms with E-state index in [0.717, 1.165) is 5.56 Å². The molecule has 0 saturated carbocycles. The summed E-state index contributed by atoms with van der Waals surface area (Å²) in [6.07, 6.45) is 1.50. The Bertz CT molecular complexity index is 552. The Labute approximate surface area is 104 Å². The zero-order valence-electron chi connectivity index (χ0n) is 9.63. The molecule has 2 rings (SSSR count). The summed E-state index contributed by atoms with van der Waals surface area (Å²) >= 11 is 0. The normalized spacial score (nSPS) is 10.1. The van der Waals surface area contributed by atoms with Gasteiger partial charge < -0.3 is 15.6 Å². The predicted molar refractivity (Wildman–Crippen MR) is 67.7 cm³/mol. The topological polar surface area (TPSA) is 92.2 Å². The van der Waals surface area contributed by atoms with E-state index in [2.05, 4.69) is 4.98 Å². The third-order valence-electron chi connectivity index (χ3n) is 2.33. The Balaban J connectivity index is 2.15. The lowest BCUT2D eigenvalue weighted by Crippen LogP contribution is -2.12. The molecule has 0 radical (unpaired) electrons. The first-order chi connectivity index (χ1) is 8.69. The van der Waals surface area contributed by atoms with E-state index in [1.54, 1.807) is 30.3 Å². The third kappa shape index (κ3) is 2.83. The van der Waals surface area contributed by atoms with Crippen LogP contribution in [0.5, 0.6) is 11.5 Å². The number of aliphatic hydroxyl groups excluding tert-OH is 1. The van der Waals surface area contributed by atoms with Gasteiger partial charge in [-0.2, -0.15) is 0 Å². The van der Waals surface area contributed by atoms with Crippen LogP contribution in [-0.2, 0) is 6.61 Å². The van der Waals surface area contributed by atoms with Crippen LogP contribution < -0.4 is 10.5 Å². The fourth-order valence-electron chi connectivity index (χ4n) is 1.44. The Morgan fingerprint density at radius 3 is 2.72 bits per heavy atom. The first kappa shape index (κ1) is 12.1. The van der Waals surface area contributed by atoms with Crippen LogP contribution in [-0.4, -0.2) is 15.9 Å². The number of hydrogen-bond donors (Lipinski definition) is 3. The van der Waals surface area contributed by atoms with Crippen molar-refractivity contribution in [2.45, 2.75) is 6.61 Å². The van der Waals surface area contributed by atoms with E-state index in [-0.39, 0.29) is 12.4 Å². The number of ether oxygens (including phenoxy) is 1. The average molecular weight is 243 g/mol. The van der Waals surface area contributed by atoms with E-state index in [4.69, 9.17) is 21.0 Å². The van der Waals surface area contributed by atoms with E-state index < -0.39 is 0 Å². The van der Waals surface area contributed by atoms with Crippen molar-refractivity contribution >= 4 is 5.84 Å². The van der Waals surface area contributed by atoms with Gasteiger partial charge >= 0.3 is 0 Å². The van der Waals surface area contributed by atoms with Crippen LogP contribution in [0.3, 0.4) is 0 Å². The summed E-state index contributed by atoms with van der Waals surface area (Å²) in [5.74, 6) is 1.10. The molecular weight excluding hydrogens is 230 g/mol. The molecule has 0 fully saturated rings. The van der Waals surface area contributed by atoms with Gasteiger partial charge in [-0.25, -0.2) is 4.98 Å². The number of rotatable bonds is 4. The summed E-state index contributed by atoms with van der Waals surface area (Å²) in [6, 6.07) is 10.5. The quantitative estimate of drug-likeness (QED) is 0.562. The summed E-state index contributed by atoms with van der Waals surface area (Å²) in [4.78, 5) is 3.99. The molecule has 0 atom stereocenters. The van der Waals surface area contributed by atoms with Crippen molar-refractivity contribution in [2.24, 2.45) is 5.73 Å². The van der Waals surface area contributed by atoms with Crippen molar-refractivity contribution in [1.82, 2.24) is 4.98 Å². The number of pyridine rings is 1. The van der Waals surface area contributed by atoms with Gasteiger partial charge in [0.1, 0.15) is 23.0 Å². The van der Waals surface area contributed by atoms with Gasteiger partial charge in [0.25, 0.3) is 0 Å². The number of aliphatic hydroxyl groups is 1. The molecule has 1 aromatic carbocycles. The van der Waals surface area contributed by atoms with E-state index in [1.807, 2.05) is 6.07 Å². The molecule has 0 amide bonds. The SMILES string of the molecule is N=C(N)c1ccc(Oc2cccc(CO)c2)cn1. The fraction of sp³-hybridized carbons (Fsp3) is 0.0769. The first-order valence-electron chi connectivity index (χ1n) is 5.37. The summed E-state index contributed by atoms with van der Waals surface area (Å²) < 4.78 is 5.57. The van der Waals surface area contributed by atoms with Crippen LogP contribution in [0.25, 0.3) is 0 Å². The van der Waals surface area contributed by atoms with Gasteiger partial charge in [-0.3, -0.25) is 5.41 Å². The lowest BCUT2D eigenvalue weighted by molar-refractivity contribution is 0.281. The Morgan fingerprint density at radius 2 is 2.11 bits per heavy atom. The monoisotopic (exact) mass is 243 g/mol. The summed E-state index contributed by atoms with van der Waals surface area (Å²) in [6.45, 7) is -0.0290. The highest BCUT2D eigenvalue weighted by Gasteiger charge is 2.01. The van der Waals surface area contributed by atoms with Gasteiger partial charge in [-0.05, 0) is 29.8 Å². The minimum atomic E-state index is -0.0798. The number of nitrogen functional groups attached to an aromatic ring is 1. The zero-order chi connectivity index (χ0) is 13.0. The van der Waals surface area contributed by atoms with Crippen molar-refractivity contribution in [3.8, 4) is 11.5 Å². The third-order valence-corrected chi connectivity index (χ3v) is 2.33. The molecule has 5 heteroatoms. The summed E-state index contributed by atoms with van der Waals surface area (Å²) in [5, 5.41) is 16.2. The van der Waals surface area contributed by atoms with Crippen molar-refractivity contribution in [1.29, 1.82) is 5.41 Å². The van der Waals surface area contributed by atoms with Gasteiger partial charge in [0.2, 0.25) is 0 Å². The molecular formula is C13H13N3O2. The maximum absolute atomic E-state index is 9.02. The molecule has 5 nitrogen and oxygen atoms in total. The van der Waals surface area contributed by atoms with Crippen LogP contribution in [0.2, 0.25) is 0 Å². The molecule has 0 unspecified atom stereocenters. The maximum Gasteiger partial charge on any atom is 0.145 e. The molecule has 1 aromatic heterocycles. The fourth-order valence-corrected chi connectivity index (χ4v) is 1.44. The molecule has 4 N–H and O–H groups in total. The molecule has 18 heavy (non-hydrogen) atoms. The van der Waals surface area contributed by atoms with E-state index in [0.29, 0.717) is 17.2 Å². The van der Waals surface area contributed by atoms with Crippen molar-refractivity contribution in [2.75, 3.05) is 0 Å². The summed E-state index contributed by atoms with van der Waals surface area (Å²) in [7, 11) is 0. The molecule has 0 saturated heterocycles. The number of nitrogens with two attached hydrogens (primary N) is 1. The molecule has 2 aromatic rings. The van der Waals surface area contributed by atoms with Crippen LogP contribution >= 0.6 is 0 Å². The van der Waals surface area contributed by atoms with E-state index in [1.165, 1.54) is 6.20 Å². The molecule has 92 valence electrons. The average Bonchev–Trinajstić information content (AvgIpc) is 2.39. The Hall–Kier alpha value is -2.40. The van der Waals surface area contributed by atoms with Crippen LogP contribution in [0, 0.1) is 5.41 Å². The highest BCUT2D eigenvalue weighted by Crippen LogP contribution is 2.21. The highest BCUT2D eigenvalue weighted by atomic mass is 16.5. The molecule has 0 aliphatic heterocycles. The lowest BCUT2D eigenvalue weighted by atomic mass is 10.2. The second kappa shape index (κ2) is 5.29. The van der Waals surface area contributed by atoms with Gasteiger partial charge in [0, 0.05) is 0 Å². The van der Waals surface area contributed by atoms with Crippen molar-refractivity contribution in [3.63, 3.8) is 0 Å². The van der Waals surface area contributed by atoms with Gasteiger partial charge in [0.05, 0.1) is 12.8 Å². The number of nitrogens with zero attached hydrogens (tertiary/aromatic N) is 1. The van der Waals surface area contributed by atoms with E-state index >= 15 is 0 Å². The number of hydrogen-bond acceptors (Lipinski definition) is 4. The number of amidine groups is 1. The predicted octanol–water partition coefficient (Wildman–Crippen LogP) is 1.65. The Morgan fingerprint density at radius 1 is 1.28 bits per heavy atom.